The molecule has 0 saturated carbocycles. The molecule has 22 heavy (non-hydrogen) atoms. The maximum atomic E-state index is 10.4. The fourth-order valence-corrected chi connectivity index (χ4v) is 2.77. The molecule has 1 N–H and O–H groups in total. The number of carbonyl (C=O) groups is 1. The molecule has 0 spiro atoms. The molecular weight excluding hydrogens is 276 g/mol. The van der Waals surface area contributed by atoms with Crippen LogP contribution >= 0.6 is 0 Å². The van der Waals surface area contributed by atoms with Crippen molar-refractivity contribution in [2.24, 2.45) is 10.2 Å². The lowest BCUT2D eigenvalue weighted by Crippen LogP contribution is -2.09. The summed E-state index contributed by atoms with van der Waals surface area (Å²) in [6, 6.07) is 0. The van der Waals surface area contributed by atoms with E-state index in [2.05, 4.69) is 16.1 Å². The lowest BCUT2D eigenvalue weighted by atomic mass is 9.99. The second-order valence-corrected chi connectivity index (χ2v) is 6.32. The van der Waals surface area contributed by atoms with Crippen molar-refractivity contribution in [3.63, 3.8) is 0 Å². The predicted octanol–water partition coefficient (Wildman–Crippen LogP) is 5.33. The Hall–Kier alpha value is -1.37. The van der Waals surface area contributed by atoms with E-state index in [0.29, 0.717) is 6.42 Å². The normalized spacial score (nSPS) is 14.7. The van der Waals surface area contributed by atoms with Crippen molar-refractivity contribution in [1.29, 1.82) is 0 Å². The Morgan fingerprint density at radius 1 is 0.864 bits per heavy atom. The van der Waals surface area contributed by atoms with Crippen LogP contribution in [0, 0.1) is 12.3 Å². The summed E-state index contributed by atoms with van der Waals surface area (Å²) in [6.07, 6.45) is 20.3. The number of rotatable bonds is 15. The van der Waals surface area contributed by atoms with E-state index in [0.717, 1.165) is 32.1 Å². The molecule has 1 heterocycles. The van der Waals surface area contributed by atoms with Crippen LogP contribution in [0.25, 0.3) is 0 Å². The second kappa shape index (κ2) is 11.2. The highest BCUT2D eigenvalue weighted by Crippen LogP contribution is 2.38. The molecule has 0 radical (unpaired) electrons. The van der Waals surface area contributed by atoms with Crippen molar-refractivity contribution in [2.75, 3.05) is 0 Å². The molecule has 0 amide bonds. The summed E-state index contributed by atoms with van der Waals surface area (Å²) in [5.41, 5.74) is -0.0949. The fourth-order valence-electron chi connectivity index (χ4n) is 2.77. The zero-order chi connectivity index (χ0) is 16.1. The van der Waals surface area contributed by atoms with Crippen molar-refractivity contribution < 1.29 is 9.90 Å². The molecule has 0 saturated heterocycles. The molecule has 4 heteroatoms. The Morgan fingerprint density at radius 2 is 1.36 bits per heavy atom. The second-order valence-electron chi connectivity index (χ2n) is 6.32. The molecule has 0 aliphatic carbocycles. The third-order valence-electron chi connectivity index (χ3n) is 4.27. The largest absolute Gasteiger partial charge is 0.481 e. The maximum Gasteiger partial charge on any atom is 0.303 e. The third-order valence-corrected chi connectivity index (χ3v) is 4.27. The van der Waals surface area contributed by atoms with E-state index < -0.39 is 5.97 Å². The monoisotopic (exact) mass is 306 g/mol. The van der Waals surface area contributed by atoms with Gasteiger partial charge in [-0.1, -0.05) is 51.4 Å². The predicted molar refractivity (Wildman–Crippen MR) is 88.7 cm³/mol. The van der Waals surface area contributed by atoms with E-state index in [1.165, 1.54) is 51.4 Å². The number of terminal acetylenes is 1. The summed E-state index contributed by atoms with van der Waals surface area (Å²) in [5.74, 6) is 1.99. The van der Waals surface area contributed by atoms with Crippen LogP contribution in [0.2, 0.25) is 0 Å². The summed E-state index contributed by atoms with van der Waals surface area (Å²) in [5, 5.41) is 16.8. The quantitative estimate of drug-likeness (QED) is 0.328. The molecule has 1 rings (SSSR count). The summed E-state index contributed by atoms with van der Waals surface area (Å²) in [7, 11) is 0. The van der Waals surface area contributed by atoms with Crippen molar-refractivity contribution >= 4 is 5.97 Å². The zero-order valence-electron chi connectivity index (χ0n) is 13.7. The molecule has 0 unspecified atom stereocenters. The van der Waals surface area contributed by atoms with Crippen molar-refractivity contribution in [1.82, 2.24) is 0 Å². The van der Waals surface area contributed by atoms with Gasteiger partial charge in [-0.15, -0.1) is 12.3 Å². The number of hydrogen-bond acceptors (Lipinski definition) is 3. The van der Waals surface area contributed by atoms with Gasteiger partial charge in [0.05, 0.1) is 0 Å². The van der Waals surface area contributed by atoms with Gasteiger partial charge in [-0.3, -0.25) is 4.79 Å². The lowest BCUT2D eigenvalue weighted by molar-refractivity contribution is -0.137. The molecule has 4 nitrogen and oxygen atoms in total. The van der Waals surface area contributed by atoms with Crippen LogP contribution in [-0.2, 0) is 4.79 Å². The van der Waals surface area contributed by atoms with E-state index in [4.69, 9.17) is 11.5 Å². The van der Waals surface area contributed by atoms with E-state index >= 15 is 0 Å². The number of carboxylic acid groups (broad SMARTS) is 1. The molecular formula is C18H30N2O2. The SMILES string of the molecule is C#CCCC1(CCCCCCCCCCCCC(=O)O)N=N1. The number of aliphatic carboxylic acids is 1. The van der Waals surface area contributed by atoms with Gasteiger partial charge in [-0.2, -0.15) is 10.2 Å². The van der Waals surface area contributed by atoms with Crippen LogP contribution in [0.5, 0.6) is 0 Å². The first-order valence-corrected chi connectivity index (χ1v) is 8.78. The van der Waals surface area contributed by atoms with Crippen LogP contribution < -0.4 is 0 Å². The van der Waals surface area contributed by atoms with Gasteiger partial charge in [0, 0.05) is 19.3 Å². The summed E-state index contributed by atoms with van der Waals surface area (Å²) in [4.78, 5) is 10.4. The number of nitrogens with zero attached hydrogens (tertiary/aromatic N) is 2. The van der Waals surface area contributed by atoms with Gasteiger partial charge in [0.2, 0.25) is 0 Å². The molecule has 0 aromatic heterocycles. The first-order chi connectivity index (χ1) is 10.7. The minimum Gasteiger partial charge on any atom is -0.481 e. The lowest BCUT2D eigenvalue weighted by Gasteiger charge is -2.08. The van der Waals surface area contributed by atoms with Crippen LogP contribution in [0.3, 0.4) is 0 Å². The highest BCUT2D eigenvalue weighted by molar-refractivity contribution is 5.66. The van der Waals surface area contributed by atoms with Gasteiger partial charge in [-0.05, 0) is 19.3 Å². The Bertz CT molecular complexity index is 379. The first-order valence-electron chi connectivity index (χ1n) is 8.78. The van der Waals surface area contributed by atoms with E-state index in [1.807, 2.05) is 0 Å². The summed E-state index contributed by atoms with van der Waals surface area (Å²) in [6.45, 7) is 0. The number of hydrogen-bond donors (Lipinski definition) is 1. The minimum atomic E-state index is -0.673. The summed E-state index contributed by atoms with van der Waals surface area (Å²) >= 11 is 0. The smallest absolute Gasteiger partial charge is 0.303 e. The van der Waals surface area contributed by atoms with Crippen molar-refractivity contribution in [3.8, 4) is 12.3 Å². The minimum absolute atomic E-state index is 0.0949. The summed E-state index contributed by atoms with van der Waals surface area (Å²) < 4.78 is 0. The molecule has 1 aliphatic heterocycles. The Labute approximate surface area is 134 Å². The highest BCUT2D eigenvalue weighted by atomic mass is 16.4. The van der Waals surface area contributed by atoms with Crippen LogP contribution in [0.1, 0.15) is 89.9 Å². The first kappa shape index (κ1) is 18.7. The average Bonchev–Trinajstić information content (AvgIpc) is 3.26. The molecule has 0 aromatic rings. The Balaban J connectivity index is 1.77. The molecule has 0 aromatic carbocycles. The Kier molecular flexibility index (Phi) is 9.54. The van der Waals surface area contributed by atoms with E-state index in [9.17, 15) is 4.79 Å². The average molecular weight is 306 g/mol. The van der Waals surface area contributed by atoms with Gasteiger partial charge in [0.1, 0.15) is 0 Å². The van der Waals surface area contributed by atoms with Gasteiger partial charge in [-0.25, -0.2) is 0 Å². The van der Waals surface area contributed by atoms with E-state index in [-0.39, 0.29) is 5.66 Å². The number of carboxylic acids is 1. The van der Waals surface area contributed by atoms with Crippen molar-refractivity contribution in [2.45, 2.75) is 95.6 Å². The third kappa shape index (κ3) is 9.55. The fraction of sp³-hybridized carbons (Fsp3) is 0.833. The molecule has 0 atom stereocenters. The van der Waals surface area contributed by atoms with Gasteiger partial charge in [0.15, 0.2) is 5.66 Å². The molecule has 0 bridgehead atoms. The van der Waals surface area contributed by atoms with Crippen molar-refractivity contribution in [3.05, 3.63) is 0 Å². The molecule has 124 valence electrons. The van der Waals surface area contributed by atoms with Gasteiger partial charge in [0.25, 0.3) is 0 Å². The zero-order valence-corrected chi connectivity index (χ0v) is 13.7. The Morgan fingerprint density at radius 3 is 1.82 bits per heavy atom. The molecule has 1 aliphatic rings. The van der Waals surface area contributed by atoms with Crippen LogP contribution in [-0.4, -0.2) is 16.7 Å². The van der Waals surface area contributed by atoms with Gasteiger partial charge < -0.3 is 5.11 Å². The van der Waals surface area contributed by atoms with E-state index in [1.54, 1.807) is 0 Å². The van der Waals surface area contributed by atoms with Crippen LogP contribution in [0.4, 0.5) is 0 Å². The maximum absolute atomic E-state index is 10.4. The van der Waals surface area contributed by atoms with Gasteiger partial charge >= 0.3 is 5.97 Å². The highest BCUT2D eigenvalue weighted by Gasteiger charge is 2.38. The topological polar surface area (TPSA) is 62.0 Å². The number of unbranched alkanes of at least 4 members (excludes halogenated alkanes) is 9. The molecule has 0 fully saturated rings. The van der Waals surface area contributed by atoms with Crippen LogP contribution in [0.15, 0.2) is 10.2 Å². The standard InChI is InChI=1S/C18H30N2O2/c1-2-3-15-18(19-20-18)16-13-11-9-7-5-4-6-8-10-12-14-17(21)22/h1H,3-16H2,(H,21,22).